The Kier molecular flexibility index (Phi) is 3.45. The van der Waals surface area contributed by atoms with Crippen LogP contribution in [0.25, 0.3) is 0 Å². The van der Waals surface area contributed by atoms with Crippen LogP contribution >= 0.6 is 0 Å². The summed E-state index contributed by atoms with van der Waals surface area (Å²) in [6.45, 7) is 0.286. The van der Waals surface area contributed by atoms with Crippen molar-refractivity contribution in [2.24, 2.45) is 0 Å². The fourth-order valence-electron chi connectivity index (χ4n) is 1.45. The van der Waals surface area contributed by atoms with E-state index < -0.39 is 0 Å². The topological polar surface area (TPSA) is 45.3 Å². The zero-order valence-corrected chi connectivity index (χ0v) is 9.59. The number of nitrogens with zero attached hydrogens (tertiary/aromatic N) is 1. The van der Waals surface area contributed by atoms with Crippen molar-refractivity contribution in [1.29, 1.82) is 0 Å². The summed E-state index contributed by atoms with van der Waals surface area (Å²) < 4.78 is 5.19. The molecule has 1 aromatic heterocycles. The average Bonchev–Trinajstić information content (AvgIpc) is 2.90. The molecule has 0 fully saturated rings. The number of aromatic amines is 1. The third-order valence-corrected chi connectivity index (χ3v) is 2.45. The van der Waals surface area contributed by atoms with E-state index in [4.69, 9.17) is 4.74 Å². The van der Waals surface area contributed by atoms with Gasteiger partial charge in [0, 0.05) is 19.4 Å². The van der Waals surface area contributed by atoms with Gasteiger partial charge >= 0.3 is 6.09 Å². The predicted octanol–water partition coefficient (Wildman–Crippen LogP) is 2.79. The van der Waals surface area contributed by atoms with Crippen molar-refractivity contribution in [3.63, 3.8) is 0 Å². The summed E-state index contributed by atoms with van der Waals surface area (Å²) >= 11 is 0. The molecule has 0 unspecified atom stereocenters. The predicted molar refractivity (Wildman–Crippen MR) is 65.8 cm³/mol. The molecular weight excluding hydrogens is 216 g/mol. The second kappa shape index (κ2) is 5.21. The molecule has 0 spiro atoms. The van der Waals surface area contributed by atoms with Gasteiger partial charge in [0.05, 0.1) is 5.69 Å². The highest BCUT2D eigenvalue weighted by molar-refractivity contribution is 5.86. The smallest absolute Gasteiger partial charge is 0.414 e. The minimum atomic E-state index is -0.367. The number of carbonyl (C=O) groups is 1. The van der Waals surface area contributed by atoms with Gasteiger partial charge in [0.2, 0.25) is 0 Å². The fourth-order valence-corrected chi connectivity index (χ4v) is 1.45. The summed E-state index contributed by atoms with van der Waals surface area (Å²) in [5.41, 5.74) is 1.76. The number of anilines is 1. The Morgan fingerprint density at radius 2 is 2.06 bits per heavy atom. The Hall–Kier alpha value is -2.23. The normalized spacial score (nSPS) is 9.94. The molecule has 17 heavy (non-hydrogen) atoms. The van der Waals surface area contributed by atoms with Crippen LogP contribution in [0, 0.1) is 0 Å². The largest absolute Gasteiger partial charge is 0.444 e. The molecule has 0 bridgehead atoms. The summed E-state index contributed by atoms with van der Waals surface area (Å²) in [5, 5.41) is 0. The zero-order valence-electron chi connectivity index (χ0n) is 9.59. The van der Waals surface area contributed by atoms with Crippen molar-refractivity contribution in [3.8, 4) is 0 Å². The molecule has 0 aliphatic heterocycles. The number of hydrogen-bond donors (Lipinski definition) is 1. The number of ether oxygens (including phenoxy) is 1. The molecule has 0 atom stereocenters. The molecule has 2 rings (SSSR count). The first kappa shape index (κ1) is 11.3. The van der Waals surface area contributed by atoms with E-state index in [1.165, 1.54) is 4.90 Å². The Balaban J connectivity index is 1.90. The quantitative estimate of drug-likeness (QED) is 0.881. The van der Waals surface area contributed by atoms with E-state index >= 15 is 0 Å². The van der Waals surface area contributed by atoms with Crippen LogP contribution in [0.3, 0.4) is 0 Å². The molecule has 1 N–H and O–H groups in total. The molecule has 4 nitrogen and oxygen atoms in total. The van der Waals surface area contributed by atoms with E-state index in [1.54, 1.807) is 19.4 Å². The van der Waals surface area contributed by atoms with E-state index in [-0.39, 0.29) is 12.7 Å². The fraction of sp³-hybridized carbons (Fsp3) is 0.154. The number of amides is 1. The molecular formula is C13H14N2O2. The maximum absolute atomic E-state index is 11.7. The van der Waals surface area contributed by atoms with Gasteiger partial charge in [0.15, 0.2) is 0 Å². The summed E-state index contributed by atoms with van der Waals surface area (Å²) in [6, 6.07) is 11.4. The first-order chi connectivity index (χ1) is 8.27. The monoisotopic (exact) mass is 230 g/mol. The van der Waals surface area contributed by atoms with Gasteiger partial charge in [0.1, 0.15) is 6.61 Å². The SMILES string of the molecule is CN(C(=O)OCc1ccccc1)c1cc[nH]c1. The summed E-state index contributed by atoms with van der Waals surface area (Å²) in [7, 11) is 1.68. The number of nitrogens with one attached hydrogen (secondary N) is 1. The number of carbonyl (C=O) groups excluding carboxylic acids is 1. The molecule has 0 radical (unpaired) electrons. The molecule has 0 aliphatic rings. The molecule has 1 heterocycles. The van der Waals surface area contributed by atoms with E-state index in [2.05, 4.69) is 4.98 Å². The van der Waals surface area contributed by atoms with Gasteiger partial charge in [0.25, 0.3) is 0 Å². The van der Waals surface area contributed by atoms with Crippen molar-refractivity contribution in [1.82, 2.24) is 4.98 Å². The maximum atomic E-state index is 11.7. The third kappa shape index (κ3) is 2.87. The Morgan fingerprint density at radius 3 is 2.71 bits per heavy atom. The number of aromatic nitrogens is 1. The molecule has 0 saturated heterocycles. The first-order valence-corrected chi connectivity index (χ1v) is 5.34. The van der Waals surface area contributed by atoms with Crippen LogP contribution in [-0.2, 0) is 11.3 Å². The van der Waals surface area contributed by atoms with Gasteiger partial charge in [-0.3, -0.25) is 4.90 Å². The van der Waals surface area contributed by atoms with E-state index in [0.29, 0.717) is 0 Å². The molecule has 4 heteroatoms. The average molecular weight is 230 g/mol. The lowest BCUT2D eigenvalue weighted by atomic mass is 10.2. The molecule has 0 saturated carbocycles. The van der Waals surface area contributed by atoms with Crippen molar-refractivity contribution < 1.29 is 9.53 Å². The van der Waals surface area contributed by atoms with Gasteiger partial charge in [-0.25, -0.2) is 4.79 Å². The Labute approximate surface area is 99.8 Å². The van der Waals surface area contributed by atoms with Crippen LogP contribution in [0.5, 0.6) is 0 Å². The van der Waals surface area contributed by atoms with Crippen LogP contribution in [-0.4, -0.2) is 18.1 Å². The second-order valence-corrected chi connectivity index (χ2v) is 3.67. The number of rotatable bonds is 3. The summed E-state index contributed by atoms with van der Waals surface area (Å²) in [5.74, 6) is 0. The van der Waals surface area contributed by atoms with Crippen LogP contribution in [0.2, 0.25) is 0 Å². The van der Waals surface area contributed by atoms with Gasteiger partial charge in [-0.1, -0.05) is 30.3 Å². The van der Waals surface area contributed by atoms with Gasteiger partial charge in [-0.2, -0.15) is 0 Å². The van der Waals surface area contributed by atoms with Crippen molar-refractivity contribution >= 4 is 11.8 Å². The number of H-pyrrole nitrogens is 1. The first-order valence-electron chi connectivity index (χ1n) is 5.34. The Morgan fingerprint density at radius 1 is 1.29 bits per heavy atom. The van der Waals surface area contributed by atoms with Gasteiger partial charge in [-0.05, 0) is 11.6 Å². The second-order valence-electron chi connectivity index (χ2n) is 3.67. The van der Waals surface area contributed by atoms with Crippen molar-refractivity contribution in [3.05, 3.63) is 54.4 Å². The number of hydrogen-bond acceptors (Lipinski definition) is 2. The van der Waals surface area contributed by atoms with Crippen molar-refractivity contribution in [2.45, 2.75) is 6.61 Å². The molecule has 1 amide bonds. The zero-order chi connectivity index (χ0) is 12.1. The van der Waals surface area contributed by atoms with Crippen LogP contribution in [0.1, 0.15) is 5.56 Å². The maximum Gasteiger partial charge on any atom is 0.414 e. The standard InChI is InChI=1S/C13H14N2O2/c1-15(12-7-8-14-9-12)13(16)17-10-11-5-3-2-4-6-11/h2-9,14H,10H2,1H3. The van der Waals surface area contributed by atoms with Crippen molar-refractivity contribution in [2.75, 3.05) is 11.9 Å². The summed E-state index contributed by atoms with van der Waals surface area (Å²) in [6.07, 6.45) is 3.13. The highest BCUT2D eigenvalue weighted by Crippen LogP contribution is 2.12. The van der Waals surface area contributed by atoms with E-state index in [9.17, 15) is 4.79 Å². The highest BCUT2D eigenvalue weighted by Gasteiger charge is 2.12. The highest BCUT2D eigenvalue weighted by atomic mass is 16.6. The van der Waals surface area contributed by atoms with Crippen LogP contribution < -0.4 is 4.90 Å². The lowest BCUT2D eigenvalue weighted by Crippen LogP contribution is -2.26. The lowest BCUT2D eigenvalue weighted by molar-refractivity contribution is 0.148. The molecule has 88 valence electrons. The molecule has 2 aromatic rings. The molecule has 1 aromatic carbocycles. The van der Waals surface area contributed by atoms with Crippen LogP contribution in [0.15, 0.2) is 48.8 Å². The van der Waals surface area contributed by atoms with E-state index in [0.717, 1.165) is 11.3 Å². The minimum absolute atomic E-state index is 0.286. The van der Waals surface area contributed by atoms with Gasteiger partial charge in [-0.15, -0.1) is 0 Å². The number of benzene rings is 1. The molecule has 0 aliphatic carbocycles. The Bertz CT molecular complexity index is 465. The van der Waals surface area contributed by atoms with Crippen LogP contribution in [0.4, 0.5) is 10.5 Å². The van der Waals surface area contributed by atoms with Gasteiger partial charge < -0.3 is 9.72 Å². The third-order valence-electron chi connectivity index (χ3n) is 2.45. The minimum Gasteiger partial charge on any atom is -0.444 e. The van der Waals surface area contributed by atoms with E-state index in [1.807, 2.05) is 36.4 Å². The lowest BCUT2D eigenvalue weighted by Gasteiger charge is -2.15. The summed E-state index contributed by atoms with van der Waals surface area (Å²) in [4.78, 5) is 16.1.